The van der Waals surface area contributed by atoms with E-state index in [4.69, 9.17) is 0 Å². The van der Waals surface area contributed by atoms with Gasteiger partial charge < -0.3 is 5.32 Å². The summed E-state index contributed by atoms with van der Waals surface area (Å²) in [6, 6.07) is 0. The monoisotopic (exact) mass is 169 g/mol. The summed E-state index contributed by atoms with van der Waals surface area (Å²) in [6.07, 6.45) is 10.1. The molecular weight excluding hydrogens is 146 g/mol. The molecule has 0 saturated heterocycles. The molecule has 12 heavy (non-hydrogen) atoms. The van der Waals surface area contributed by atoms with Gasteiger partial charge in [-0.1, -0.05) is 39.0 Å². The molecular formula is C11H23N. The van der Waals surface area contributed by atoms with Crippen molar-refractivity contribution < 1.29 is 0 Å². The summed E-state index contributed by atoms with van der Waals surface area (Å²) in [5, 5.41) is 3.44. The minimum absolute atomic E-state index is 1.11. The molecule has 1 aliphatic rings. The highest BCUT2D eigenvalue weighted by Gasteiger charge is 2.15. The highest BCUT2D eigenvalue weighted by Crippen LogP contribution is 2.30. The molecule has 1 saturated carbocycles. The van der Waals surface area contributed by atoms with Crippen LogP contribution in [0.2, 0.25) is 0 Å². The van der Waals surface area contributed by atoms with Crippen molar-refractivity contribution in [2.75, 3.05) is 13.1 Å². The Morgan fingerprint density at radius 2 is 2.00 bits per heavy atom. The van der Waals surface area contributed by atoms with Gasteiger partial charge in [0.05, 0.1) is 0 Å². The van der Waals surface area contributed by atoms with Crippen LogP contribution in [-0.4, -0.2) is 13.1 Å². The van der Waals surface area contributed by atoms with E-state index in [1.807, 2.05) is 0 Å². The first-order valence-electron chi connectivity index (χ1n) is 5.64. The molecule has 1 fully saturated rings. The smallest absolute Gasteiger partial charge is 0.00489 e. The van der Waals surface area contributed by atoms with E-state index in [1.165, 1.54) is 58.0 Å². The lowest BCUT2D eigenvalue weighted by molar-refractivity contribution is 0.287. The van der Waals surface area contributed by atoms with Crippen LogP contribution in [0.3, 0.4) is 0 Å². The van der Waals surface area contributed by atoms with Gasteiger partial charge in [-0.25, -0.2) is 0 Å². The zero-order valence-corrected chi connectivity index (χ0v) is 8.44. The van der Waals surface area contributed by atoms with Gasteiger partial charge in [-0.05, 0) is 31.8 Å². The topological polar surface area (TPSA) is 12.0 Å². The lowest BCUT2D eigenvalue weighted by Crippen LogP contribution is -2.16. The van der Waals surface area contributed by atoms with Crippen molar-refractivity contribution in [3.8, 4) is 0 Å². The maximum absolute atomic E-state index is 3.44. The van der Waals surface area contributed by atoms with E-state index >= 15 is 0 Å². The molecule has 0 heterocycles. The second-order valence-electron chi connectivity index (χ2n) is 4.04. The predicted octanol–water partition coefficient (Wildman–Crippen LogP) is 2.96. The van der Waals surface area contributed by atoms with E-state index in [2.05, 4.69) is 12.2 Å². The first kappa shape index (κ1) is 10.0. The van der Waals surface area contributed by atoms with Crippen LogP contribution in [0.15, 0.2) is 0 Å². The van der Waals surface area contributed by atoms with Crippen molar-refractivity contribution in [2.24, 2.45) is 5.92 Å². The molecule has 1 aliphatic carbocycles. The largest absolute Gasteiger partial charge is 0.317 e. The minimum atomic E-state index is 1.11. The van der Waals surface area contributed by atoms with Gasteiger partial charge >= 0.3 is 0 Å². The number of hydrogen-bond donors (Lipinski definition) is 1. The van der Waals surface area contributed by atoms with Crippen LogP contribution < -0.4 is 5.32 Å². The van der Waals surface area contributed by atoms with Crippen molar-refractivity contribution in [2.45, 2.75) is 51.9 Å². The molecule has 0 aromatic carbocycles. The fourth-order valence-corrected chi connectivity index (χ4v) is 1.77. The Morgan fingerprint density at radius 3 is 2.58 bits per heavy atom. The Morgan fingerprint density at radius 1 is 1.17 bits per heavy atom. The van der Waals surface area contributed by atoms with E-state index < -0.39 is 0 Å². The first-order valence-corrected chi connectivity index (χ1v) is 5.64. The molecule has 0 aliphatic heterocycles. The zero-order chi connectivity index (χ0) is 8.65. The summed E-state index contributed by atoms with van der Waals surface area (Å²) in [5.74, 6) is 1.11. The summed E-state index contributed by atoms with van der Waals surface area (Å²) < 4.78 is 0. The molecule has 0 aromatic heterocycles. The van der Waals surface area contributed by atoms with Crippen molar-refractivity contribution >= 4 is 0 Å². The minimum Gasteiger partial charge on any atom is -0.317 e. The molecule has 0 atom stereocenters. The lowest BCUT2D eigenvalue weighted by Gasteiger charge is -2.24. The highest BCUT2D eigenvalue weighted by molar-refractivity contribution is 4.69. The molecule has 0 amide bonds. The predicted molar refractivity (Wildman–Crippen MR) is 54.4 cm³/mol. The van der Waals surface area contributed by atoms with Gasteiger partial charge in [0.15, 0.2) is 0 Å². The Labute approximate surface area is 76.9 Å². The SMILES string of the molecule is CCCNCCCCC1CCC1. The van der Waals surface area contributed by atoms with Crippen LogP contribution in [0.25, 0.3) is 0 Å². The Bertz CT molecular complexity index is 97.2. The second kappa shape index (κ2) is 6.47. The number of nitrogens with one attached hydrogen (secondary N) is 1. The van der Waals surface area contributed by atoms with Gasteiger partial charge in [-0.15, -0.1) is 0 Å². The van der Waals surface area contributed by atoms with E-state index in [9.17, 15) is 0 Å². The molecule has 0 spiro atoms. The Kier molecular flexibility index (Phi) is 5.42. The van der Waals surface area contributed by atoms with E-state index in [0.717, 1.165) is 5.92 Å². The van der Waals surface area contributed by atoms with Crippen LogP contribution in [0, 0.1) is 5.92 Å². The molecule has 0 unspecified atom stereocenters. The number of rotatable bonds is 7. The quantitative estimate of drug-likeness (QED) is 0.578. The van der Waals surface area contributed by atoms with Crippen molar-refractivity contribution in [3.05, 3.63) is 0 Å². The average molecular weight is 169 g/mol. The van der Waals surface area contributed by atoms with Crippen LogP contribution in [-0.2, 0) is 0 Å². The third-order valence-corrected chi connectivity index (χ3v) is 2.87. The van der Waals surface area contributed by atoms with Crippen LogP contribution in [0.5, 0.6) is 0 Å². The van der Waals surface area contributed by atoms with Gasteiger partial charge in [-0.3, -0.25) is 0 Å². The number of unbranched alkanes of at least 4 members (excludes halogenated alkanes) is 1. The molecule has 72 valence electrons. The molecule has 1 rings (SSSR count). The van der Waals surface area contributed by atoms with Crippen LogP contribution in [0.4, 0.5) is 0 Å². The molecule has 1 N–H and O–H groups in total. The molecule has 1 nitrogen and oxygen atoms in total. The van der Waals surface area contributed by atoms with Gasteiger partial charge in [0, 0.05) is 0 Å². The second-order valence-corrected chi connectivity index (χ2v) is 4.04. The molecule has 0 aromatic rings. The van der Waals surface area contributed by atoms with Gasteiger partial charge in [-0.2, -0.15) is 0 Å². The van der Waals surface area contributed by atoms with Crippen molar-refractivity contribution in [3.63, 3.8) is 0 Å². The normalized spacial score (nSPS) is 17.8. The first-order chi connectivity index (χ1) is 5.93. The summed E-state index contributed by atoms with van der Waals surface area (Å²) in [6.45, 7) is 4.66. The third kappa shape index (κ3) is 4.10. The summed E-state index contributed by atoms with van der Waals surface area (Å²) in [7, 11) is 0. The third-order valence-electron chi connectivity index (χ3n) is 2.87. The summed E-state index contributed by atoms with van der Waals surface area (Å²) in [5.41, 5.74) is 0. The number of hydrogen-bond acceptors (Lipinski definition) is 1. The molecule has 0 bridgehead atoms. The molecule has 1 heteroatoms. The fraction of sp³-hybridized carbons (Fsp3) is 1.00. The highest BCUT2D eigenvalue weighted by atomic mass is 14.8. The maximum Gasteiger partial charge on any atom is -0.00489 e. The average Bonchev–Trinajstić information content (AvgIpc) is 2.00. The van der Waals surface area contributed by atoms with Gasteiger partial charge in [0.2, 0.25) is 0 Å². The van der Waals surface area contributed by atoms with Crippen molar-refractivity contribution in [1.82, 2.24) is 5.32 Å². The van der Waals surface area contributed by atoms with Crippen molar-refractivity contribution in [1.29, 1.82) is 0 Å². The van der Waals surface area contributed by atoms with Gasteiger partial charge in [0.25, 0.3) is 0 Å². The summed E-state index contributed by atoms with van der Waals surface area (Å²) >= 11 is 0. The molecule has 0 radical (unpaired) electrons. The standard InChI is InChI=1S/C11H23N/c1-2-9-12-10-4-3-6-11-7-5-8-11/h11-12H,2-10H2,1H3. The zero-order valence-electron chi connectivity index (χ0n) is 8.44. The van der Waals surface area contributed by atoms with Gasteiger partial charge in [0.1, 0.15) is 0 Å². The maximum atomic E-state index is 3.44. The van der Waals surface area contributed by atoms with E-state index in [1.54, 1.807) is 0 Å². The Balaban J connectivity index is 1.70. The fourth-order valence-electron chi connectivity index (χ4n) is 1.77. The van der Waals surface area contributed by atoms with E-state index in [0.29, 0.717) is 0 Å². The lowest BCUT2D eigenvalue weighted by atomic mass is 9.82. The Hall–Kier alpha value is -0.0400. The van der Waals surface area contributed by atoms with E-state index in [-0.39, 0.29) is 0 Å². The summed E-state index contributed by atoms with van der Waals surface area (Å²) in [4.78, 5) is 0. The van der Waals surface area contributed by atoms with Crippen LogP contribution in [0.1, 0.15) is 51.9 Å². The van der Waals surface area contributed by atoms with Crippen LogP contribution >= 0.6 is 0 Å².